The Morgan fingerprint density at radius 1 is 0.455 bits per heavy atom. The highest BCUT2D eigenvalue weighted by atomic mass is 16.6. The standard InChI is InChI=1S/C29H61NO3/c1-3-5-7-9-11-13-15-17-19-21-24-31-27-29(33-26-23-30)28-32-25-22-20-18-16-14-12-10-8-6-4-2/h29H,3-28,30H2,1-2H3. The summed E-state index contributed by atoms with van der Waals surface area (Å²) in [6.07, 6.45) is 27.1. The minimum atomic E-state index is 0.0137. The van der Waals surface area contributed by atoms with Gasteiger partial charge in [-0.2, -0.15) is 0 Å². The van der Waals surface area contributed by atoms with Gasteiger partial charge in [0.05, 0.1) is 19.8 Å². The smallest absolute Gasteiger partial charge is 0.104 e. The lowest BCUT2D eigenvalue weighted by molar-refractivity contribution is -0.0585. The molecule has 0 radical (unpaired) electrons. The van der Waals surface area contributed by atoms with E-state index in [1.807, 2.05) is 0 Å². The van der Waals surface area contributed by atoms with Crippen LogP contribution in [0.5, 0.6) is 0 Å². The average Bonchev–Trinajstić information content (AvgIpc) is 2.83. The molecule has 0 aliphatic carbocycles. The third-order valence-electron chi connectivity index (χ3n) is 6.36. The molecule has 200 valence electrons. The van der Waals surface area contributed by atoms with Crippen molar-refractivity contribution in [1.29, 1.82) is 0 Å². The molecule has 0 aliphatic heterocycles. The first-order chi connectivity index (χ1) is 16.3. The van der Waals surface area contributed by atoms with Crippen LogP contribution in [-0.4, -0.2) is 45.7 Å². The molecule has 0 aromatic carbocycles. The van der Waals surface area contributed by atoms with E-state index in [4.69, 9.17) is 19.9 Å². The molecule has 0 unspecified atom stereocenters. The Labute approximate surface area is 208 Å². The summed E-state index contributed by atoms with van der Waals surface area (Å²) in [6, 6.07) is 0. The van der Waals surface area contributed by atoms with Gasteiger partial charge >= 0.3 is 0 Å². The van der Waals surface area contributed by atoms with E-state index >= 15 is 0 Å². The van der Waals surface area contributed by atoms with Crippen molar-refractivity contribution in [2.45, 2.75) is 148 Å². The van der Waals surface area contributed by atoms with E-state index < -0.39 is 0 Å². The Kier molecular flexibility index (Phi) is 29.7. The predicted molar refractivity (Wildman–Crippen MR) is 144 cm³/mol. The summed E-state index contributed by atoms with van der Waals surface area (Å²) in [6.45, 7) is 8.59. The molecule has 0 bridgehead atoms. The molecule has 0 rings (SSSR count). The van der Waals surface area contributed by atoms with Gasteiger partial charge in [0.2, 0.25) is 0 Å². The van der Waals surface area contributed by atoms with Crippen LogP contribution in [0.15, 0.2) is 0 Å². The van der Waals surface area contributed by atoms with Crippen LogP contribution in [0.4, 0.5) is 0 Å². The minimum Gasteiger partial charge on any atom is -0.379 e. The molecule has 2 N–H and O–H groups in total. The third kappa shape index (κ3) is 28.0. The number of hydrogen-bond donors (Lipinski definition) is 1. The molecule has 0 aromatic rings. The number of nitrogens with two attached hydrogens (primary N) is 1. The Balaban J connectivity index is 3.49. The molecule has 0 amide bonds. The largest absolute Gasteiger partial charge is 0.379 e. The zero-order valence-corrected chi connectivity index (χ0v) is 22.8. The minimum absolute atomic E-state index is 0.0137. The van der Waals surface area contributed by atoms with Gasteiger partial charge in [0.15, 0.2) is 0 Å². The second-order valence-corrected chi connectivity index (χ2v) is 9.80. The van der Waals surface area contributed by atoms with Crippen LogP contribution in [0.1, 0.15) is 142 Å². The fraction of sp³-hybridized carbons (Fsp3) is 1.00. The van der Waals surface area contributed by atoms with Crippen molar-refractivity contribution in [1.82, 2.24) is 0 Å². The first kappa shape index (κ1) is 32.8. The van der Waals surface area contributed by atoms with Crippen LogP contribution in [0.25, 0.3) is 0 Å². The van der Waals surface area contributed by atoms with Gasteiger partial charge in [0, 0.05) is 19.8 Å². The Morgan fingerprint density at radius 2 is 0.788 bits per heavy atom. The van der Waals surface area contributed by atoms with Gasteiger partial charge < -0.3 is 19.9 Å². The van der Waals surface area contributed by atoms with Crippen LogP contribution in [0.2, 0.25) is 0 Å². The topological polar surface area (TPSA) is 53.7 Å². The second-order valence-electron chi connectivity index (χ2n) is 9.80. The Bertz CT molecular complexity index is 313. The van der Waals surface area contributed by atoms with Gasteiger partial charge in [-0.1, -0.05) is 129 Å². The van der Waals surface area contributed by atoms with Crippen molar-refractivity contribution in [3.63, 3.8) is 0 Å². The van der Waals surface area contributed by atoms with E-state index in [2.05, 4.69) is 13.8 Å². The maximum atomic E-state index is 5.88. The molecule has 33 heavy (non-hydrogen) atoms. The first-order valence-corrected chi connectivity index (χ1v) is 14.8. The highest BCUT2D eigenvalue weighted by Crippen LogP contribution is 2.12. The van der Waals surface area contributed by atoms with Crippen molar-refractivity contribution < 1.29 is 14.2 Å². The van der Waals surface area contributed by atoms with E-state index in [0.717, 1.165) is 26.1 Å². The van der Waals surface area contributed by atoms with E-state index in [-0.39, 0.29) is 6.10 Å². The molecule has 0 spiro atoms. The summed E-state index contributed by atoms with van der Waals surface area (Å²) < 4.78 is 17.6. The predicted octanol–water partition coefficient (Wildman–Crippen LogP) is 8.21. The lowest BCUT2D eigenvalue weighted by Crippen LogP contribution is -2.28. The summed E-state index contributed by atoms with van der Waals surface area (Å²) in [5, 5.41) is 0. The quantitative estimate of drug-likeness (QED) is 0.112. The van der Waals surface area contributed by atoms with E-state index in [1.165, 1.54) is 116 Å². The first-order valence-electron chi connectivity index (χ1n) is 14.8. The normalized spacial score (nSPS) is 11.6. The highest BCUT2D eigenvalue weighted by Gasteiger charge is 2.09. The molecule has 0 aliphatic rings. The van der Waals surface area contributed by atoms with E-state index in [0.29, 0.717) is 26.4 Å². The summed E-state index contributed by atoms with van der Waals surface area (Å²) in [7, 11) is 0. The van der Waals surface area contributed by atoms with Gasteiger partial charge in [-0.15, -0.1) is 0 Å². The number of hydrogen-bond acceptors (Lipinski definition) is 4. The molecule has 4 nitrogen and oxygen atoms in total. The fourth-order valence-electron chi connectivity index (χ4n) is 4.19. The molecule has 0 heterocycles. The van der Waals surface area contributed by atoms with Crippen LogP contribution < -0.4 is 5.73 Å². The lowest BCUT2D eigenvalue weighted by Gasteiger charge is -2.18. The zero-order valence-electron chi connectivity index (χ0n) is 22.8. The average molecular weight is 472 g/mol. The van der Waals surface area contributed by atoms with Crippen molar-refractivity contribution in [3.05, 3.63) is 0 Å². The summed E-state index contributed by atoms with van der Waals surface area (Å²) in [5.41, 5.74) is 5.61. The SMILES string of the molecule is CCCCCCCCCCCCOCC(COCCCCCCCCCCCC)OCCN. The van der Waals surface area contributed by atoms with E-state index in [1.54, 1.807) is 0 Å². The van der Waals surface area contributed by atoms with Crippen LogP contribution in [0, 0.1) is 0 Å². The zero-order chi connectivity index (χ0) is 24.1. The molecule has 0 saturated carbocycles. The maximum absolute atomic E-state index is 5.88. The second kappa shape index (κ2) is 29.9. The molecule has 0 fully saturated rings. The van der Waals surface area contributed by atoms with Gasteiger partial charge in [-0.05, 0) is 12.8 Å². The number of ether oxygens (including phenoxy) is 3. The van der Waals surface area contributed by atoms with Crippen molar-refractivity contribution in [2.24, 2.45) is 5.73 Å². The van der Waals surface area contributed by atoms with Crippen molar-refractivity contribution in [2.75, 3.05) is 39.6 Å². The molecular formula is C29H61NO3. The Hall–Kier alpha value is -0.160. The summed E-state index contributed by atoms with van der Waals surface area (Å²) in [5.74, 6) is 0. The molecule has 0 saturated heterocycles. The van der Waals surface area contributed by atoms with Gasteiger partial charge in [-0.25, -0.2) is 0 Å². The number of unbranched alkanes of at least 4 members (excludes halogenated alkanes) is 18. The Morgan fingerprint density at radius 3 is 1.12 bits per heavy atom. The van der Waals surface area contributed by atoms with Crippen LogP contribution >= 0.6 is 0 Å². The maximum Gasteiger partial charge on any atom is 0.104 e. The highest BCUT2D eigenvalue weighted by molar-refractivity contribution is 4.57. The van der Waals surface area contributed by atoms with Crippen molar-refractivity contribution in [3.8, 4) is 0 Å². The molecule has 0 atom stereocenters. The number of rotatable bonds is 29. The lowest BCUT2D eigenvalue weighted by atomic mass is 10.1. The summed E-state index contributed by atoms with van der Waals surface area (Å²) in [4.78, 5) is 0. The third-order valence-corrected chi connectivity index (χ3v) is 6.36. The monoisotopic (exact) mass is 471 g/mol. The van der Waals surface area contributed by atoms with Gasteiger partial charge in [0.1, 0.15) is 6.10 Å². The fourth-order valence-corrected chi connectivity index (χ4v) is 4.19. The molecule has 0 aromatic heterocycles. The van der Waals surface area contributed by atoms with E-state index in [9.17, 15) is 0 Å². The van der Waals surface area contributed by atoms with Crippen LogP contribution in [-0.2, 0) is 14.2 Å². The van der Waals surface area contributed by atoms with Crippen molar-refractivity contribution >= 4 is 0 Å². The van der Waals surface area contributed by atoms with Gasteiger partial charge in [-0.3, -0.25) is 0 Å². The summed E-state index contributed by atoms with van der Waals surface area (Å²) >= 11 is 0. The molecular weight excluding hydrogens is 410 g/mol. The molecule has 4 heteroatoms. The van der Waals surface area contributed by atoms with Gasteiger partial charge in [0.25, 0.3) is 0 Å². The van der Waals surface area contributed by atoms with Crippen LogP contribution in [0.3, 0.4) is 0 Å².